The second kappa shape index (κ2) is 12.5. The van der Waals surface area contributed by atoms with E-state index in [0.29, 0.717) is 28.8 Å². The van der Waals surface area contributed by atoms with Gasteiger partial charge in [0, 0.05) is 17.4 Å². The van der Waals surface area contributed by atoms with Gasteiger partial charge in [-0.15, -0.1) is 0 Å². The van der Waals surface area contributed by atoms with Crippen LogP contribution in [0.2, 0.25) is 5.02 Å². The lowest BCUT2D eigenvalue weighted by atomic mass is 9.95. The highest BCUT2D eigenvalue weighted by atomic mass is 35.5. The predicted molar refractivity (Wildman–Crippen MR) is 134 cm³/mol. The molecule has 33 heavy (non-hydrogen) atoms. The van der Waals surface area contributed by atoms with Crippen LogP contribution in [0.5, 0.6) is 5.75 Å². The van der Waals surface area contributed by atoms with Crippen LogP contribution < -0.4 is 20.7 Å². The minimum absolute atomic E-state index is 0.0970. The zero-order valence-electron chi connectivity index (χ0n) is 19.5. The van der Waals surface area contributed by atoms with Crippen LogP contribution in [0, 0.1) is 5.92 Å². The van der Waals surface area contributed by atoms with Crippen LogP contribution in [0.4, 0.5) is 11.4 Å². The largest absolute Gasteiger partial charge is 0.494 e. The Morgan fingerprint density at radius 2 is 1.73 bits per heavy atom. The molecule has 2 aromatic rings. The Morgan fingerprint density at radius 3 is 2.42 bits per heavy atom. The topological polar surface area (TPSA) is 79.5 Å². The third-order valence-electron chi connectivity index (χ3n) is 5.71. The van der Waals surface area contributed by atoms with Crippen LogP contribution in [0.1, 0.15) is 62.7 Å². The van der Waals surface area contributed by atoms with Crippen molar-refractivity contribution in [2.45, 2.75) is 58.4 Å². The molecule has 1 aliphatic rings. The molecule has 2 aromatic carbocycles. The minimum Gasteiger partial charge on any atom is -0.494 e. The Morgan fingerprint density at radius 1 is 1.03 bits per heavy atom. The van der Waals surface area contributed by atoms with E-state index in [4.69, 9.17) is 16.3 Å². The summed E-state index contributed by atoms with van der Waals surface area (Å²) in [5.74, 6) is 1.00. The van der Waals surface area contributed by atoms with Gasteiger partial charge in [-0.25, -0.2) is 0 Å². The van der Waals surface area contributed by atoms with E-state index in [9.17, 15) is 9.59 Å². The Bertz CT molecular complexity index is 925. The molecule has 0 heterocycles. The molecule has 6 nitrogen and oxygen atoms in total. The van der Waals surface area contributed by atoms with E-state index in [1.165, 1.54) is 6.42 Å². The maximum Gasteiger partial charge on any atom is 0.253 e. The van der Waals surface area contributed by atoms with E-state index in [1.54, 1.807) is 18.2 Å². The Hall–Kier alpha value is -2.73. The molecule has 7 heteroatoms. The third-order valence-corrected chi connectivity index (χ3v) is 6.04. The smallest absolute Gasteiger partial charge is 0.253 e. The van der Waals surface area contributed by atoms with Crippen molar-refractivity contribution >= 4 is 34.8 Å². The Balaban J connectivity index is 1.48. The predicted octanol–water partition coefficient (Wildman–Crippen LogP) is 5.88. The molecule has 1 fully saturated rings. The monoisotopic (exact) mass is 471 g/mol. The average Bonchev–Trinajstić information content (AvgIpc) is 2.80. The quantitative estimate of drug-likeness (QED) is 0.404. The van der Waals surface area contributed by atoms with Gasteiger partial charge in [-0.2, -0.15) is 0 Å². The second-order valence-electron chi connectivity index (χ2n) is 8.96. The van der Waals surface area contributed by atoms with Crippen molar-refractivity contribution in [3.8, 4) is 5.75 Å². The highest BCUT2D eigenvalue weighted by Gasteiger charge is 2.19. The number of nitrogens with one attached hydrogen (secondary N) is 3. The van der Waals surface area contributed by atoms with Crippen molar-refractivity contribution in [2.24, 2.45) is 5.92 Å². The maximum absolute atomic E-state index is 12.7. The lowest BCUT2D eigenvalue weighted by Crippen LogP contribution is -2.36. The fourth-order valence-electron chi connectivity index (χ4n) is 3.76. The highest BCUT2D eigenvalue weighted by molar-refractivity contribution is 6.34. The number of anilines is 2. The number of amides is 2. The van der Waals surface area contributed by atoms with Gasteiger partial charge in [-0.1, -0.05) is 44.7 Å². The zero-order chi connectivity index (χ0) is 23.6. The van der Waals surface area contributed by atoms with Crippen LogP contribution in [0.25, 0.3) is 0 Å². The van der Waals surface area contributed by atoms with E-state index in [2.05, 4.69) is 29.8 Å². The summed E-state index contributed by atoms with van der Waals surface area (Å²) < 4.78 is 5.71. The van der Waals surface area contributed by atoms with E-state index >= 15 is 0 Å². The van der Waals surface area contributed by atoms with Gasteiger partial charge in [0.15, 0.2) is 0 Å². The van der Waals surface area contributed by atoms with Crippen molar-refractivity contribution in [1.82, 2.24) is 5.32 Å². The normalized spacial score (nSPS) is 14.1. The second-order valence-corrected chi connectivity index (χ2v) is 9.37. The van der Waals surface area contributed by atoms with E-state index in [0.717, 1.165) is 43.5 Å². The first-order chi connectivity index (χ1) is 15.9. The summed E-state index contributed by atoms with van der Waals surface area (Å²) in [6.07, 6.45) is 6.49. The molecule has 0 aromatic heterocycles. The van der Waals surface area contributed by atoms with Gasteiger partial charge >= 0.3 is 0 Å². The molecule has 3 rings (SSSR count). The molecule has 0 radical (unpaired) electrons. The molecule has 178 valence electrons. The number of hydrogen-bond donors (Lipinski definition) is 3. The number of ether oxygens (including phenoxy) is 1. The lowest BCUT2D eigenvalue weighted by molar-refractivity contribution is -0.114. The highest BCUT2D eigenvalue weighted by Crippen LogP contribution is 2.23. The molecule has 0 atom stereocenters. The molecular formula is C26H34ClN3O3. The number of rotatable bonds is 10. The molecule has 1 saturated carbocycles. The molecule has 1 aliphatic carbocycles. The molecule has 0 saturated heterocycles. The third kappa shape index (κ3) is 8.28. The van der Waals surface area contributed by atoms with Crippen LogP contribution in [0.3, 0.4) is 0 Å². The number of halogens is 1. The van der Waals surface area contributed by atoms with Gasteiger partial charge < -0.3 is 20.7 Å². The van der Waals surface area contributed by atoms with Gasteiger partial charge in [0.1, 0.15) is 5.75 Å². The van der Waals surface area contributed by atoms with Crippen molar-refractivity contribution in [1.29, 1.82) is 0 Å². The van der Waals surface area contributed by atoms with Crippen molar-refractivity contribution < 1.29 is 14.3 Å². The Labute approximate surface area is 201 Å². The first-order valence-corrected chi connectivity index (χ1v) is 12.2. The summed E-state index contributed by atoms with van der Waals surface area (Å²) >= 11 is 6.25. The SMILES string of the molecule is CC(C)CCOc1ccc(NCC(=O)Nc2ccc(Cl)c(C(=O)NC3CCCCC3)c2)cc1. The van der Waals surface area contributed by atoms with Gasteiger partial charge in [-0.3, -0.25) is 9.59 Å². The van der Waals surface area contributed by atoms with Crippen LogP contribution in [-0.4, -0.2) is 31.0 Å². The van der Waals surface area contributed by atoms with Gasteiger partial charge in [0.25, 0.3) is 5.91 Å². The van der Waals surface area contributed by atoms with E-state index in [-0.39, 0.29) is 24.4 Å². The summed E-state index contributed by atoms with van der Waals surface area (Å²) in [4.78, 5) is 25.1. The summed E-state index contributed by atoms with van der Waals surface area (Å²) in [5.41, 5.74) is 1.74. The molecule has 0 unspecified atom stereocenters. The fraction of sp³-hybridized carbons (Fsp3) is 0.462. The first kappa shape index (κ1) is 24.9. The molecular weight excluding hydrogens is 438 g/mol. The average molecular weight is 472 g/mol. The molecule has 0 bridgehead atoms. The number of carbonyl (C=O) groups excluding carboxylic acids is 2. The maximum atomic E-state index is 12.7. The number of benzene rings is 2. The zero-order valence-corrected chi connectivity index (χ0v) is 20.2. The molecule has 0 aliphatic heterocycles. The molecule has 2 amide bonds. The van der Waals surface area contributed by atoms with Gasteiger partial charge in [0.2, 0.25) is 5.91 Å². The fourth-order valence-corrected chi connectivity index (χ4v) is 3.96. The van der Waals surface area contributed by atoms with Crippen molar-refractivity contribution in [3.63, 3.8) is 0 Å². The molecule has 0 spiro atoms. The summed E-state index contributed by atoms with van der Waals surface area (Å²) in [6.45, 7) is 5.12. The van der Waals surface area contributed by atoms with E-state index < -0.39 is 0 Å². The van der Waals surface area contributed by atoms with Crippen molar-refractivity contribution in [2.75, 3.05) is 23.8 Å². The van der Waals surface area contributed by atoms with Gasteiger partial charge in [-0.05, 0) is 67.6 Å². The first-order valence-electron chi connectivity index (χ1n) is 11.8. The van der Waals surface area contributed by atoms with Crippen LogP contribution in [-0.2, 0) is 4.79 Å². The van der Waals surface area contributed by atoms with Crippen LogP contribution in [0.15, 0.2) is 42.5 Å². The minimum atomic E-state index is -0.215. The standard InChI is InChI=1S/C26H34ClN3O3/c1-18(2)14-15-33-22-11-8-19(9-12-22)28-17-25(31)29-21-10-13-24(27)23(16-21)26(32)30-20-6-4-3-5-7-20/h8-13,16,18,20,28H,3-7,14-15,17H2,1-2H3,(H,29,31)(H,30,32). The van der Waals surface area contributed by atoms with E-state index in [1.807, 2.05) is 24.3 Å². The molecule has 3 N–H and O–H groups in total. The van der Waals surface area contributed by atoms with Crippen molar-refractivity contribution in [3.05, 3.63) is 53.1 Å². The Kier molecular flexibility index (Phi) is 9.43. The summed E-state index contributed by atoms with van der Waals surface area (Å²) in [7, 11) is 0. The number of carbonyl (C=O) groups is 2. The summed E-state index contributed by atoms with van der Waals surface area (Å²) in [5, 5.41) is 9.36. The van der Waals surface area contributed by atoms with Crippen LogP contribution >= 0.6 is 11.6 Å². The van der Waals surface area contributed by atoms with Gasteiger partial charge in [0.05, 0.1) is 23.7 Å². The summed E-state index contributed by atoms with van der Waals surface area (Å²) in [6, 6.07) is 12.7. The number of hydrogen-bond acceptors (Lipinski definition) is 4. The lowest BCUT2D eigenvalue weighted by Gasteiger charge is -2.23.